The molecule has 0 radical (unpaired) electrons. The fraction of sp³-hybridized carbons (Fsp3) is 0.333. The number of nitrogens with one attached hydrogen (secondary N) is 2. The largest absolute Gasteiger partial charge is 0.481 e. The van der Waals surface area contributed by atoms with Crippen LogP contribution in [0.15, 0.2) is 54.6 Å². The van der Waals surface area contributed by atoms with Gasteiger partial charge in [0.25, 0.3) is 0 Å². The molecule has 0 heterocycles. The van der Waals surface area contributed by atoms with Gasteiger partial charge in [0.15, 0.2) is 0 Å². The van der Waals surface area contributed by atoms with Crippen molar-refractivity contribution in [2.45, 2.75) is 43.7 Å². The fourth-order valence-electron chi connectivity index (χ4n) is 3.25. The maximum absolute atomic E-state index is 13.0. The zero-order chi connectivity index (χ0) is 19.2. The van der Waals surface area contributed by atoms with E-state index in [0.29, 0.717) is 12.8 Å². The summed E-state index contributed by atoms with van der Waals surface area (Å²) in [5.41, 5.74) is 2.05. The predicted molar refractivity (Wildman–Crippen MR) is 100 cm³/mol. The molecule has 6 heteroatoms. The van der Waals surface area contributed by atoms with Crippen LogP contribution in [-0.2, 0) is 11.2 Å². The fourth-order valence-corrected chi connectivity index (χ4v) is 3.25. The number of carboxylic acids is 1. The van der Waals surface area contributed by atoms with Gasteiger partial charge in [-0.15, -0.1) is 0 Å². The second-order valence-electron chi connectivity index (χ2n) is 6.94. The molecule has 1 unspecified atom stereocenters. The van der Waals surface area contributed by atoms with Crippen LogP contribution in [0.4, 0.5) is 9.18 Å². The molecule has 3 N–H and O–H groups in total. The molecular formula is C21H23FN2O3. The number of carbonyl (C=O) groups excluding carboxylic acids is 1. The Hall–Kier alpha value is -2.89. The molecule has 0 saturated heterocycles. The van der Waals surface area contributed by atoms with Crippen LogP contribution in [-0.4, -0.2) is 29.2 Å². The van der Waals surface area contributed by atoms with Crippen molar-refractivity contribution in [3.05, 3.63) is 71.5 Å². The van der Waals surface area contributed by atoms with Crippen molar-refractivity contribution >= 4 is 12.0 Å². The van der Waals surface area contributed by atoms with Crippen LogP contribution in [0, 0.1) is 5.82 Å². The summed E-state index contributed by atoms with van der Waals surface area (Å²) in [4.78, 5) is 23.2. The van der Waals surface area contributed by atoms with Crippen molar-refractivity contribution in [2.75, 3.05) is 0 Å². The number of rotatable bonds is 8. The predicted octanol–water partition coefficient (Wildman–Crippen LogP) is 3.46. The number of aliphatic carboxylic acids is 1. The van der Waals surface area contributed by atoms with E-state index in [1.807, 2.05) is 30.3 Å². The average molecular weight is 370 g/mol. The number of hydrogen-bond donors (Lipinski definition) is 3. The van der Waals surface area contributed by atoms with Crippen molar-refractivity contribution in [3.63, 3.8) is 0 Å². The molecule has 5 nitrogen and oxygen atoms in total. The highest BCUT2D eigenvalue weighted by atomic mass is 19.1. The molecule has 1 saturated carbocycles. The first kappa shape index (κ1) is 18.9. The summed E-state index contributed by atoms with van der Waals surface area (Å²) < 4.78 is 13.0. The van der Waals surface area contributed by atoms with Gasteiger partial charge in [-0.1, -0.05) is 42.5 Å². The molecule has 3 rings (SSSR count). The Bertz CT molecular complexity index is 780. The van der Waals surface area contributed by atoms with Gasteiger partial charge in [-0.2, -0.15) is 0 Å². The standard InChI is InChI=1S/C21H23FN2O3/c22-16-8-6-15(7-9-16)18-13-19(18)24-21(27)23-17(10-11-20(25)26)12-14-4-2-1-3-5-14/h1-9,17-19H,10-13H2,(H,25,26)(H2,23,24,27)/t17?,18-,19+/m0/s1. The highest BCUT2D eigenvalue weighted by Crippen LogP contribution is 2.40. The zero-order valence-electron chi connectivity index (χ0n) is 14.9. The minimum atomic E-state index is -0.881. The maximum atomic E-state index is 13.0. The molecule has 0 bridgehead atoms. The third-order valence-electron chi connectivity index (χ3n) is 4.77. The van der Waals surface area contributed by atoms with Crippen LogP contribution in [0.3, 0.4) is 0 Å². The molecule has 0 spiro atoms. The van der Waals surface area contributed by atoms with Crippen LogP contribution in [0.1, 0.15) is 36.3 Å². The third kappa shape index (κ3) is 5.81. The summed E-state index contributed by atoms with van der Waals surface area (Å²) in [6.07, 6.45) is 1.76. The van der Waals surface area contributed by atoms with E-state index in [9.17, 15) is 14.0 Å². The van der Waals surface area contributed by atoms with Gasteiger partial charge in [-0.05, 0) is 42.5 Å². The van der Waals surface area contributed by atoms with E-state index in [1.165, 1.54) is 12.1 Å². The van der Waals surface area contributed by atoms with E-state index in [-0.39, 0.29) is 36.3 Å². The topological polar surface area (TPSA) is 78.4 Å². The van der Waals surface area contributed by atoms with E-state index in [2.05, 4.69) is 10.6 Å². The van der Waals surface area contributed by atoms with Crippen molar-refractivity contribution in [2.24, 2.45) is 0 Å². The smallest absolute Gasteiger partial charge is 0.315 e. The SMILES string of the molecule is O=C(O)CCC(Cc1ccccc1)NC(=O)N[C@@H]1C[C@H]1c1ccc(F)cc1. The van der Waals surface area contributed by atoms with E-state index < -0.39 is 5.97 Å². The lowest BCUT2D eigenvalue weighted by Crippen LogP contribution is -2.44. The van der Waals surface area contributed by atoms with Crippen molar-refractivity contribution in [1.82, 2.24) is 10.6 Å². The number of amides is 2. The Morgan fingerprint density at radius 1 is 1.11 bits per heavy atom. The molecule has 3 atom stereocenters. The number of benzene rings is 2. The first-order valence-corrected chi connectivity index (χ1v) is 9.09. The van der Waals surface area contributed by atoms with Crippen molar-refractivity contribution < 1.29 is 19.1 Å². The van der Waals surface area contributed by atoms with Crippen LogP contribution in [0.2, 0.25) is 0 Å². The summed E-state index contributed by atoms with van der Waals surface area (Å²) in [5, 5.41) is 14.8. The molecule has 1 fully saturated rings. The quantitative estimate of drug-likeness (QED) is 0.666. The van der Waals surface area contributed by atoms with Gasteiger partial charge in [0.2, 0.25) is 0 Å². The van der Waals surface area contributed by atoms with E-state index >= 15 is 0 Å². The Kier molecular flexibility index (Phi) is 6.06. The van der Waals surface area contributed by atoms with Gasteiger partial charge < -0.3 is 15.7 Å². The summed E-state index contributed by atoms with van der Waals surface area (Å²) in [5.74, 6) is -0.958. The molecule has 0 aliphatic heterocycles. The number of urea groups is 1. The number of halogens is 1. The first-order valence-electron chi connectivity index (χ1n) is 9.09. The Labute approximate surface area is 157 Å². The first-order chi connectivity index (χ1) is 13.0. The summed E-state index contributed by atoms with van der Waals surface area (Å²) >= 11 is 0. The zero-order valence-corrected chi connectivity index (χ0v) is 14.9. The van der Waals surface area contributed by atoms with Crippen molar-refractivity contribution in [1.29, 1.82) is 0 Å². The number of hydrogen-bond acceptors (Lipinski definition) is 2. The van der Waals surface area contributed by atoms with Crippen molar-refractivity contribution in [3.8, 4) is 0 Å². The lowest BCUT2D eigenvalue weighted by molar-refractivity contribution is -0.137. The minimum absolute atomic E-state index is 0.000582. The maximum Gasteiger partial charge on any atom is 0.315 e. The van der Waals surface area contributed by atoms with Gasteiger partial charge in [0.1, 0.15) is 5.82 Å². The van der Waals surface area contributed by atoms with Gasteiger partial charge in [-0.25, -0.2) is 9.18 Å². The Morgan fingerprint density at radius 2 is 1.81 bits per heavy atom. The van der Waals surface area contributed by atoms with Crippen LogP contribution >= 0.6 is 0 Å². The molecule has 1 aliphatic carbocycles. The normalized spacial score (nSPS) is 19.1. The highest BCUT2D eigenvalue weighted by molar-refractivity contribution is 5.75. The average Bonchev–Trinajstić information content (AvgIpc) is 3.40. The second-order valence-corrected chi connectivity index (χ2v) is 6.94. The summed E-state index contributed by atoms with van der Waals surface area (Å²) in [7, 11) is 0. The molecule has 1 aliphatic rings. The Morgan fingerprint density at radius 3 is 2.48 bits per heavy atom. The van der Waals surface area contributed by atoms with Crippen LogP contribution in [0.25, 0.3) is 0 Å². The third-order valence-corrected chi connectivity index (χ3v) is 4.77. The van der Waals surface area contributed by atoms with E-state index in [0.717, 1.165) is 17.5 Å². The van der Waals surface area contributed by atoms with Crippen LogP contribution < -0.4 is 10.6 Å². The Balaban J connectivity index is 1.52. The van der Waals surface area contributed by atoms with Gasteiger partial charge in [-0.3, -0.25) is 4.79 Å². The molecule has 2 amide bonds. The second kappa shape index (κ2) is 8.66. The minimum Gasteiger partial charge on any atom is -0.481 e. The molecular weight excluding hydrogens is 347 g/mol. The van der Waals surface area contributed by atoms with Crippen LogP contribution in [0.5, 0.6) is 0 Å². The highest BCUT2D eigenvalue weighted by Gasteiger charge is 2.39. The van der Waals surface area contributed by atoms with Gasteiger partial charge >= 0.3 is 12.0 Å². The summed E-state index contributed by atoms with van der Waals surface area (Å²) in [6.45, 7) is 0. The molecule has 27 heavy (non-hydrogen) atoms. The molecule has 0 aromatic heterocycles. The molecule has 2 aromatic rings. The lowest BCUT2D eigenvalue weighted by Gasteiger charge is -2.19. The molecule has 2 aromatic carbocycles. The van der Waals surface area contributed by atoms with E-state index in [1.54, 1.807) is 12.1 Å². The monoisotopic (exact) mass is 370 g/mol. The van der Waals surface area contributed by atoms with E-state index in [4.69, 9.17) is 5.11 Å². The van der Waals surface area contributed by atoms with Gasteiger partial charge in [0, 0.05) is 24.4 Å². The summed E-state index contributed by atoms with van der Waals surface area (Å²) in [6, 6.07) is 15.5. The lowest BCUT2D eigenvalue weighted by atomic mass is 10.0. The molecule has 142 valence electrons. The van der Waals surface area contributed by atoms with Gasteiger partial charge in [0.05, 0.1) is 0 Å². The number of carbonyl (C=O) groups is 2. The number of carboxylic acid groups (broad SMARTS) is 1.